The molecule has 2 nitrogen and oxygen atoms in total. The summed E-state index contributed by atoms with van der Waals surface area (Å²) in [5.74, 6) is -0.0968. The third-order valence-electron chi connectivity index (χ3n) is 4.25. The van der Waals surface area contributed by atoms with Crippen LogP contribution in [0.1, 0.15) is 55.8 Å². The van der Waals surface area contributed by atoms with E-state index in [4.69, 9.17) is 4.74 Å². The third-order valence-corrected chi connectivity index (χ3v) is 4.25. The number of benzene rings is 1. The maximum atomic E-state index is 13.8. The topological polar surface area (TPSA) is 21.3 Å². The molecule has 0 amide bonds. The zero-order chi connectivity index (χ0) is 14.8. The second-order valence-corrected chi connectivity index (χ2v) is 6.12. The number of halogens is 1. The van der Waals surface area contributed by atoms with Gasteiger partial charge in [0, 0.05) is 6.61 Å². The van der Waals surface area contributed by atoms with Gasteiger partial charge in [0.05, 0.1) is 11.6 Å². The van der Waals surface area contributed by atoms with Crippen LogP contribution in [0.5, 0.6) is 0 Å². The fourth-order valence-corrected chi connectivity index (χ4v) is 3.15. The number of nitrogens with one attached hydrogen (secondary N) is 1. The smallest absolute Gasteiger partial charge is 0.129 e. The summed E-state index contributed by atoms with van der Waals surface area (Å²) in [6.45, 7) is 9.75. The Kier molecular flexibility index (Phi) is 4.82. The van der Waals surface area contributed by atoms with Gasteiger partial charge in [-0.15, -0.1) is 0 Å². The monoisotopic (exact) mass is 279 g/mol. The lowest BCUT2D eigenvalue weighted by Gasteiger charge is -2.35. The normalized spacial score (nSPS) is 24.1. The molecule has 1 fully saturated rings. The van der Waals surface area contributed by atoms with Crippen molar-refractivity contribution in [1.29, 1.82) is 0 Å². The molecule has 1 aliphatic heterocycles. The molecule has 0 radical (unpaired) electrons. The van der Waals surface area contributed by atoms with E-state index >= 15 is 0 Å². The highest BCUT2D eigenvalue weighted by Crippen LogP contribution is 2.38. The quantitative estimate of drug-likeness (QED) is 0.878. The Balaban J connectivity index is 2.35. The van der Waals surface area contributed by atoms with E-state index in [1.165, 1.54) is 0 Å². The molecule has 1 aromatic carbocycles. The average molecular weight is 279 g/mol. The van der Waals surface area contributed by atoms with Crippen molar-refractivity contribution < 1.29 is 9.13 Å². The number of rotatable bonds is 5. The molecule has 3 heteroatoms. The van der Waals surface area contributed by atoms with E-state index < -0.39 is 0 Å². The highest BCUT2D eigenvalue weighted by Gasteiger charge is 2.39. The molecule has 0 aromatic heterocycles. The van der Waals surface area contributed by atoms with E-state index in [9.17, 15) is 4.39 Å². The second kappa shape index (κ2) is 6.23. The Hall–Kier alpha value is -0.930. The Bertz CT molecular complexity index is 443. The molecule has 0 saturated carbocycles. The molecule has 2 atom stereocenters. The summed E-state index contributed by atoms with van der Waals surface area (Å²) >= 11 is 0. The Labute approximate surface area is 121 Å². The molecule has 1 N–H and O–H groups in total. The first-order valence-corrected chi connectivity index (χ1v) is 7.62. The lowest BCUT2D eigenvalue weighted by atomic mass is 9.86. The van der Waals surface area contributed by atoms with Crippen LogP contribution < -0.4 is 5.32 Å². The van der Waals surface area contributed by atoms with Crippen LogP contribution in [0.25, 0.3) is 0 Å². The van der Waals surface area contributed by atoms with Crippen molar-refractivity contribution in [3.8, 4) is 0 Å². The minimum atomic E-state index is -0.189. The number of ether oxygens (including phenoxy) is 1. The van der Waals surface area contributed by atoms with Crippen LogP contribution in [0.15, 0.2) is 12.1 Å². The van der Waals surface area contributed by atoms with E-state index in [1.807, 2.05) is 26.0 Å². The fourth-order valence-electron chi connectivity index (χ4n) is 3.15. The Morgan fingerprint density at radius 3 is 2.50 bits per heavy atom. The highest BCUT2D eigenvalue weighted by atomic mass is 19.1. The van der Waals surface area contributed by atoms with Crippen LogP contribution in [0.4, 0.5) is 4.39 Å². The van der Waals surface area contributed by atoms with Gasteiger partial charge < -0.3 is 10.1 Å². The third kappa shape index (κ3) is 3.04. The number of hydrogen-bond donors (Lipinski definition) is 1. The zero-order valence-corrected chi connectivity index (χ0v) is 13.1. The van der Waals surface area contributed by atoms with E-state index in [-0.39, 0.29) is 17.5 Å². The molecule has 2 rings (SSSR count). The molecule has 2 unspecified atom stereocenters. The largest absolute Gasteiger partial charge is 0.373 e. The molecule has 0 bridgehead atoms. The van der Waals surface area contributed by atoms with Gasteiger partial charge in [0.1, 0.15) is 5.82 Å². The molecule has 112 valence electrons. The molecule has 1 heterocycles. The van der Waals surface area contributed by atoms with Gasteiger partial charge in [-0.2, -0.15) is 0 Å². The molecule has 0 aliphatic carbocycles. The fraction of sp³-hybridized carbons (Fsp3) is 0.647. The van der Waals surface area contributed by atoms with E-state index in [1.54, 1.807) is 0 Å². The Morgan fingerprint density at radius 1 is 1.35 bits per heavy atom. The van der Waals surface area contributed by atoms with Crippen molar-refractivity contribution in [1.82, 2.24) is 5.32 Å². The molecule has 1 saturated heterocycles. The van der Waals surface area contributed by atoms with Gasteiger partial charge in [-0.25, -0.2) is 4.39 Å². The maximum Gasteiger partial charge on any atom is 0.129 e. The van der Waals surface area contributed by atoms with Gasteiger partial charge in [0.25, 0.3) is 0 Å². The standard InChI is InChI=1S/C17H26FNO/c1-5-8-19-16(17(4)7-6-9-20-17)14-10-12(2)15(18)13(3)11-14/h10-11,16,19H,5-9H2,1-4H3. The Morgan fingerprint density at radius 2 is 2.00 bits per heavy atom. The molecule has 0 spiro atoms. The first kappa shape index (κ1) is 15.5. The van der Waals surface area contributed by atoms with Gasteiger partial charge in [0.2, 0.25) is 0 Å². The van der Waals surface area contributed by atoms with Gasteiger partial charge in [-0.1, -0.05) is 19.1 Å². The van der Waals surface area contributed by atoms with E-state index in [2.05, 4.69) is 19.2 Å². The van der Waals surface area contributed by atoms with Gasteiger partial charge in [-0.3, -0.25) is 0 Å². The minimum Gasteiger partial charge on any atom is -0.373 e. The van der Waals surface area contributed by atoms with Crippen LogP contribution in [0, 0.1) is 19.7 Å². The zero-order valence-electron chi connectivity index (χ0n) is 13.1. The molecule has 20 heavy (non-hydrogen) atoms. The van der Waals surface area contributed by atoms with Gasteiger partial charge >= 0.3 is 0 Å². The number of hydrogen-bond acceptors (Lipinski definition) is 2. The SMILES string of the molecule is CCCNC(c1cc(C)c(F)c(C)c1)C1(C)CCCO1. The molecule has 1 aromatic rings. The summed E-state index contributed by atoms with van der Waals surface area (Å²) in [5.41, 5.74) is 2.38. The highest BCUT2D eigenvalue weighted by molar-refractivity contribution is 5.34. The van der Waals surface area contributed by atoms with Crippen LogP contribution in [0.2, 0.25) is 0 Å². The van der Waals surface area contributed by atoms with Crippen LogP contribution >= 0.6 is 0 Å². The summed E-state index contributed by atoms with van der Waals surface area (Å²) in [7, 11) is 0. The first-order valence-electron chi connectivity index (χ1n) is 7.62. The minimum absolute atomic E-state index is 0.0968. The lowest BCUT2D eigenvalue weighted by molar-refractivity contribution is -0.0125. The summed E-state index contributed by atoms with van der Waals surface area (Å²) < 4.78 is 19.9. The first-order chi connectivity index (χ1) is 9.48. The second-order valence-electron chi connectivity index (χ2n) is 6.12. The average Bonchev–Trinajstić information content (AvgIpc) is 2.84. The maximum absolute atomic E-state index is 13.8. The summed E-state index contributed by atoms with van der Waals surface area (Å²) in [4.78, 5) is 0. The molecule has 1 aliphatic rings. The van der Waals surface area contributed by atoms with Crippen LogP contribution in [-0.2, 0) is 4.74 Å². The number of aryl methyl sites for hydroxylation is 2. The lowest BCUT2D eigenvalue weighted by Crippen LogP contribution is -2.41. The molecular weight excluding hydrogens is 253 g/mol. The summed E-state index contributed by atoms with van der Waals surface area (Å²) in [5, 5.41) is 3.59. The summed E-state index contributed by atoms with van der Waals surface area (Å²) in [6.07, 6.45) is 3.22. The predicted octanol–water partition coefficient (Wildman–Crippen LogP) is 4.05. The van der Waals surface area contributed by atoms with Crippen LogP contribution in [-0.4, -0.2) is 18.8 Å². The van der Waals surface area contributed by atoms with Crippen molar-refractivity contribution in [2.75, 3.05) is 13.2 Å². The van der Waals surface area contributed by atoms with E-state index in [0.717, 1.165) is 38.0 Å². The van der Waals surface area contributed by atoms with Crippen molar-refractivity contribution in [3.63, 3.8) is 0 Å². The van der Waals surface area contributed by atoms with E-state index in [0.29, 0.717) is 11.1 Å². The molecular formula is C17H26FNO. The van der Waals surface area contributed by atoms with Crippen LogP contribution in [0.3, 0.4) is 0 Å². The van der Waals surface area contributed by atoms with Gasteiger partial charge in [-0.05, 0) is 63.3 Å². The van der Waals surface area contributed by atoms with Crippen molar-refractivity contribution >= 4 is 0 Å². The predicted molar refractivity (Wildman–Crippen MR) is 80.5 cm³/mol. The summed E-state index contributed by atoms with van der Waals surface area (Å²) in [6, 6.07) is 4.05. The van der Waals surface area contributed by atoms with Crippen molar-refractivity contribution in [3.05, 3.63) is 34.6 Å². The van der Waals surface area contributed by atoms with Crippen molar-refractivity contribution in [2.45, 2.75) is 58.6 Å². The van der Waals surface area contributed by atoms with Gasteiger partial charge in [0.15, 0.2) is 0 Å². The van der Waals surface area contributed by atoms with Crippen molar-refractivity contribution in [2.24, 2.45) is 0 Å².